The van der Waals surface area contributed by atoms with E-state index in [0.717, 1.165) is 19.3 Å². The first-order valence-electron chi connectivity index (χ1n) is 7.08. The molecule has 0 aromatic heterocycles. The van der Waals surface area contributed by atoms with Crippen LogP contribution in [-0.2, 0) is 0 Å². The van der Waals surface area contributed by atoms with Crippen LogP contribution in [0.1, 0.15) is 36.0 Å². The third kappa shape index (κ3) is 4.14. The molecule has 1 N–H and O–H groups in total. The Bertz CT molecular complexity index is 478. The number of benzene rings is 1. The van der Waals surface area contributed by atoms with Crippen LogP contribution in [0.5, 0.6) is 5.75 Å². The van der Waals surface area contributed by atoms with Crippen LogP contribution in [0.3, 0.4) is 0 Å². The molecule has 1 saturated carbocycles. The van der Waals surface area contributed by atoms with Gasteiger partial charge in [-0.1, -0.05) is 6.07 Å². The van der Waals surface area contributed by atoms with Gasteiger partial charge in [-0.2, -0.15) is 8.78 Å². The van der Waals surface area contributed by atoms with Gasteiger partial charge in [-0.3, -0.25) is 4.79 Å². The number of halogens is 2. The number of hydrogen-bond acceptors (Lipinski definition) is 3. The maximum absolute atomic E-state index is 12.5. The van der Waals surface area contributed by atoms with Gasteiger partial charge >= 0.3 is 6.61 Å². The van der Waals surface area contributed by atoms with Crippen molar-refractivity contribution < 1.29 is 23.4 Å². The molecule has 1 fully saturated rings. The Labute approximate surface area is 122 Å². The van der Waals surface area contributed by atoms with Crippen LogP contribution >= 0.6 is 0 Å². The molecule has 0 radical (unpaired) electrons. The molecule has 0 saturated heterocycles. The Morgan fingerprint density at radius 3 is 2.76 bits per heavy atom. The first-order chi connectivity index (χ1) is 10.1. The Hall–Kier alpha value is -1.69. The van der Waals surface area contributed by atoms with Crippen molar-refractivity contribution in [3.8, 4) is 5.75 Å². The van der Waals surface area contributed by atoms with Crippen LogP contribution in [0.2, 0.25) is 0 Å². The minimum absolute atomic E-state index is 0.0189. The number of carbonyl (C=O) groups excluding carboxylic acids is 1. The molecule has 0 heterocycles. The van der Waals surface area contributed by atoms with Crippen molar-refractivity contribution in [1.82, 2.24) is 4.90 Å². The highest BCUT2D eigenvalue weighted by Gasteiger charge is 2.29. The minimum Gasteiger partial charge on any atom is -0.435 e. The number of ether oxygens (including phenoxy) is 1. The molecular formula is C15H19F2NO3. The zero-order valence-electron chi connectivity index (χ0n) is 11.7. The zero-order chi connectivity index (χ0) is 15.2. The Kier molecular flexibility index (Phi) is 5.50. The van der Waals surface area contributed by atoms with E-state index in [1.54, 1.807) is 11.0 Å². The molecular weight excluding hydrogens is 280 g/mol. The summed E-state index contributed by atoms with van der Waals surface area (Å²) in [5, 5.41) is 8.94. The molecule has 21 heavy (non-hydrogen) atoms. The molecule has 1 aliphatic carbocycles. The van der Waals surface area contributed by atoms with Gasteiger partial charge in [0, 0.05) is 24.8 Å². The summed E-state index contributed by atoms with van der Waals surface area (Å²) in [5.41, 5.74) is 0.331. The molecule has 0 bridgehead atoms. The molecule has 1 amide bonds. The second-order valence-corrected chi connectivity index (χ2v) is 5.07. The van der Waals surface area contributed by atoms with Gasteiger partial charge in [0.05, 0.1) is 0 Å². The maximum Gasteiger partial charge on any atom is 0.387 e. The number of alkyl halides is 2. The summed E-state index contributed by atoms with van der Waals surface area (Å²) in [6.07, 6.45) is 3.49. The molecule has 0 aliphatic heterocycles. The molecule has 0 unspecified atom stereocenters. The van der Waals surface area contributed by atoms with Gasteiger partial charge in [0.15, 0.2) is 0 Å². The van der Waals surface area contributed by atoms with Crippen molar-refractivity contribution in [3.63, 3.8) is 0 Å². The normalized spacial score (nSPS) is 14.9. The maximum atomic E-state index is 12.5. The van der Waals surface area contributed by atoms with Crippen molar-refractivity contribution in [1.29, 1.82) is 0 Å². The molecule has 0 spiro atoms. The second-order valence-electron chi connectivity index (χ2n) is 5.07. The van der Waals surface area contributed by atoms with Gasteiger partial charge in [-0.05, 0) is 43.9 Å². The summed E-state index contributed by atoms with van der Waals surface area (Å²) >= 11 is 0. The largest absolute Gasteiger partial charge is 0.435 e. The standard InChI is InChI=1S/C15H19F2NO3/c16-15(17)21-13-7-1-4-11(10-13)14(20)18(8-3-9-19)12-5-2-6-12/h1,4,7,10,12,15,19H,2-3,5-6,8-9H2. The van der Waals surface area contributed by atoms with Gasteiger partial charge in [0.25, 0.3) is 5.91 Å². The lowest BCUT2D eigenvalue weighted by Gasteiger charge is -2.37. The van der Waals surface area contributed by atoms with Crippen molar-refractivity contribution in [2.75, 3.05) is 13.2 Å². The molecule has 2 rings (SSSR count). The van der Waals surface area contributed by atoms with Crippen LogP contribution in [0.4, 0.5) is 8.78 Å². The fourth-order valence-corrected chi connectivity index (χ4v) is 2.36. The first-order valence-corrected chi connectivity index (χ1v) is 7.08. The van der Waals surface area contributed by atoms with Crippen LogP contribution in [0, 0.1) is 0 Å². The van der Waals surface area contributed by atoms with E-state index >= 15 is 0 Å². The van der Waals surface area contributed by atoms with Gasteiger partial charge in [0.2, 0.25) is 0 Å². The van der Waals surface area contributed by atoms with Crippen molar-refractivity contribution in [2.24, 2.45) is 0 Å². The van der Waals surface area contributed by atoms with Crippen LogP contribution in [0.15, 0.2) is 24.3 Å². The van der Waals surface area contributed by atoms with E-state index in [9.17, 15) is 13.6 Å². The van der Waals surface area contributed by atoms with Crippen molar-refractivity contribution in [2.45, 2.75) is 38.3 Å². The lowest BCUT2D eigenvalue weighted by atomic mass is 9.90. The topological polar surface area (TPSA) is 49.8 Å². The molecule has 1 aromatic carbocycles. The summed E-state index contributed by atoms with van der Waals surface area (Å²) in [6, 6.07) is 6.02. The highest BCUT2D eigenvalue weighted by molar-refractivity contribution is 5.94. The molecule has 1 aromatic rings. The van der Waals surface area contributed by atoms with Gasteiger partial charge in [-0.25, -0.2) is 0 Å². The average molecular weight is 299 g/mol. The SMILES string of the molecule is O=C(c1cccc(OC(F)F)c1)N(CCCO)C1CCC1. The Balaban J connectivity index is 2.11. The predicted molar refractivity (Wildman–Crippen MR) is 73.5 cm³/mol. The monoisotopic (exact) mass is 299 g/mol. The Morgan fingerprint density at radius 1 is 1.43 bits per heavy atom. The average Bonchev–Trinajstić information content (AvgIpc) is 2.40. The van der Waals surface area contributed by atoms with Crippen LogP contribution in [0.25, 0.3) is 0 Å². The van der Waals surface area contributed by atoms with E-state index in [4.69, 9.17) is 5.11 Å². The number of nitrogens with zero attached hydrogens (tertiary/aromatic N) is 1. The number of hydrogen-bond donors (Lipinski definition) is 1. The molecule has 4 nitrogen and oxygen atoms in total. The van der Waals surface area contributed by atoms with Crippen LogP contribution < -0.4 is 4.74 Å². The highest BCUT2D eigenvalue weighted by atomic mass is 19.3. The Morgan fingerprint density at radius 2 is 2.19 bits per heavy atom. The van der Waals surface area contributed by atoms with E-state index < -0.39 is 6.61 Å². The van der Waals surface area contributed by atoms with Gasteiger partial charge < -0.3 is 14.7 Å². The fraction of sp³-hybridized carbons (Fsp3) is 0.533. The summed E-state index contributed by atoms with van der Waals surface area (Å²) in [5.74, 6) is -0.223. The number of aliphatic hydroxyl groups is 1. The lowest BCUT2D eigenvalue weighted by Crippen LogP contribution is -2.45. The van der Waals surface area contributed by atoms with Gasteiger partial charge in [0.1, 0.15) is 5.75 Å². The molecule has 0 atom stereocenters. The molecule has 116 valence electrons. The van der Waals surface area contributed by atoms with Gasteiger partial charge in [-0.15, -0.1) is 0 Å². The summed E-state index contributed by atoms with van der Waals surface area (Å²) in [4.78, 5) is 14.2. The van der Waals surface area contributed by atoms with E-state index in [2.05, 4.69) is 4.74 Å². The fourth-order valence-electron chi connectivity index (χ4n) is 2.36. The molecule has 1 aliphatic rings. The van der Waals surface area contributed by atoms with E-state index in [-0.39, 0.29) is 24.3 Å². The smallest absolute Gasteiger partial charge is 0.387 e. The summed E-state index contributed by atoms with van der Waals surface area (Å²) in [7, 11) is 0. The predicted octanol–water partition coefficient (Wildman–Crippen LogP) is 2.67. The quantitative estimate of drug-likeness (QED) is 0.842. The second kappa shape index (κ2) is 7.36. The van der Waals surface area contributed by atoms with Crippen LogP contribution in [-0.4, -0.2) is 41.7 Å². The lowest BCUT2D eigenvalue weighted by molar-refractivity contribution is -0.0499. The minimum atomic E-state index is -2.91. The third-order valence-corrected chi connectivity index (χ3v) is 3.64. The highest BCUT2D eigenvalue weighted by Crippen LogP contribution is 2.27. The molecule has 6 heteroatoms. The van der Waals surface area contributed by atoms with Crippen molar-refractivity contribution >= 4 is 5.91 Å². The van der Waals surface area contributed by atoms with Crippen molar-refractivity contribution in [3.05, 3.63) is 29.8 Å². The van der Waals surface area contributed by atoms with E-state index in [1.165, 1.54) is 18.2 Å². The van der Waals surface area contributed by atoms with E-state index in [0.29, 0.717) is 18.5 Å². The first kappa shape index (κ1) is 15.7. The zero-order valence-corrected chi connectivity index (χ0v) is 11.7. The number of rotatable bonds is 7. The number of carbonyl (C=O) groups is 1. The summed E-state index contributed by atoms with van der Waals surface area (Å²) < 4.78 is 28.8. The number of amides is 1. The van der Waals surface area contributed by atoms with E-state index in [1.807, 2.05) is 0 Å². The summed E-state index contributed by atoms with van der Waals surface area (Å²) in [6.45, 7) is -2.42. The number of aliphatic hydroxyl groups excluding tert-OH is 1. The third-order valence-electron chi connectivity index (χ3n) is 3.64.